The maximum Gasteiger partial charge on any atom is 0.220 e. The number of guanidine groups is 1. The lowest BCUT2D eigenvalue weighted by Crippen LogP contribution is -2.45. The molecule has 1 aliphatic heterocycles. The van der Waals surface area contributed by atoms with Gasteiger partial charge in [-0.15, -0.1) is 0 Å². The highest BCUT2D eigenvalue weighted by Crippen LogP contribution is 2.22. The molecule has 0 aliphatic carbocycles. The van der Waals surface area contributed by atoms with Crippen LogP contribution >= 0.6 is 0 Å². The normalized spacial score (nSPS) is 15.5. The van der Waals surface area contributed by atoms with E-state index in [0.717, 1.165) is 44.2 Å². The maximum atomic E-state index is 11.6. The Morgan fingerprint density at radius 1 is 1.18 bits per heavy atom. The van der Waals surface area contributed by atoms with Gasteiger partial charge in [0, 0.05) is 40.2 Å². The van der Waals surface area contributed by atoms with Crippen molar-refractivity contribution < 1.29 is 9.53 Å². The number of ether oxygens (including phenoxy) is 1. The molecule has 2 N–H and O–H groups in total. The molecule has 0 saturated carbocycles. The quantitative estimate of drug-likeness (QED) is 0.616. The van der Waals surface area contributed by atoms with Gasteiger partial charge in [0.1, 0.15) is 5.75 Å². The lowest BCUT2D eigenvalue weighted by molar-refractivity contribution is -0.121. The van der Waals surface area contributed by atoms with Gasteiger partial charge in [0.25, 0.3) is 0 Å². The second-order valence-corrected chi connectivity index (χ2v) is 7.26. The van der Waals surface area contributed by atoms with E-state index in [0.29, 0.717) is 12.3 Å². The number of nitrogens with one attached hydrogen (secondary N) is 2. The Labute approximate surface area is 167 Å². The zero-order valence-electron chi connectivity index (χ0n) is 17.0. The van der Waals surface area contributed by atoms with Crippen molar-refractivity contribution in [3.05, 3.63) is 42.0 Å². The van der Waals surface area contributed by atoms with E-state index < -0.39 is 0 Å². The number of aliphatic imine (C=N–C) groups is 1. The molecule has 0 radical (unpaired) electrons. The van der Waals surface area contributed by atoms with E-state index in [9.17, 15) is 4.79 Å². The van der Waals surface area contributed by atoms with E-state index in [4.69, 9.17) is 4.74 Å². The van der Waals surface area contributed by atoms with Crippen LogP contribution < -0.4 is 15.4 Å². The SMILES string of the molecule is CN=C(NCc1ccc2cc(OC)ccc2c1)N1CCC(CC(=O)NC)CC1. The van der Waals surface area contributed by atoms with Crippen molar-refractivity contribution >= 4 is 22.6 Å². The van der Waals surface area contributed by atoms with E-state index in [1.807, 2.05) is 13.1 Å². The van der Waals surface area contributed by atoms with Crippen LogP contribution in [0, 0.1) is 5.92 Å². The molecular weight excluding hydrogens is 352 g/mol. The molecule has 0 spiro atoms. The van der Waals surface area contributed by atoms with Crippen molar-refractivity contribution in [3.63, 3.8) is 0 Å². The van der Waals surface area contributed by atoms with Crippen molar-refractivity contribution in [2.75, 3.05) is 34.3 Å². The van der Waals surface area contributed by atoms with E-state index in [1.54, 1.807) is 14.2 Å². The lowest BCUT2D eigenvalue weighted by atomic mass is 9.93. The van der Waals surface area contributed by atoms with Crippen LogP contribution in [0.4, 0.5) is 0 Å². The first-order valence-electron chi connectivity index (χ1n) is 9.85. The van der Waals surface area contributed by atoms with Crippen molar-refractivity contribution in [1.82, 2.24) is 15.5 Å². The van der Waals surface area contributed by atoms with Crippen LogP contribution in [0.3, 0.4) is 0 Å². The summed E-state index contributed by atoms with van der Waals surface area (Å²) in [5, 5.41) is 8.57. The molecule has 150 valence electrons. The molecule has 0 atom stereocenters. The number of rotatable bonds is 5. The standard InChI is InChI=1S/C22H30N4O2/c1-23-21(27)13-16-8-10-26(11-9-16)22(24-2)25-15-17-4-5-19-14-20(28-3)7-6-18(19)12-17/h4-7,12,14,16H,8-11,13,15H2,1-3H3,(H,23,27)(H,24,25). The first-order valence-corrected chi connectivity index (χ1v) is 9.85. The van der Waals surface area contributed by atoms with E-state index >= 15 is 0 Å². The van der Waals surface area contributed by atoms with Gasteiger partial charge < -0.3 is 20.3 Å². The fraction of sp³-hybridized carbons (Fsp3) is 0.455. The molecule has 6 nitrogen and oxygen atoms in total. The number of methoxy groups -OCH3 is 1. The summed E-state index contributed by atoms with van der Waals surface area (Å²) in [6, 6.07) is 12.6. The first kappa shape index (κ1) is 20.0. The Morgan fingerprint density at radius 3 is 2.57 bits per heavy atom. The molecule has 6 heteroatoms. The molecule has 0 aromatic heterocycles. The zero-order valence-corrected chi connectivity index (χ0v) is 17.0. The molecule has 1 aliphatic rings. The summed E-state index contributed by atoms with van der Waals surface area (Å²) in [7, 11) is 5.21. The molecule has 1 saturated heterocycles. The van der Waals surface area contributed by atoms with Crippen LogP contribution in [0.5, 0.6) is 5.75 Å². The molecule has 28 heavy (non-hydrogen) atoms. The van der Waals surface area contributed by atoms with Gasteiger partial charge in [-0.05, 0) is 53.3 Å². The van der Waals surface area contributed by atoms with Crippen molar-refractivity contribution in [2.24, 2.45) is 10.9 Å². The van der Waals surface area contributed by atoms with Crippen LogP contribution in [0.15, 0.2) is 41.4 Å². The highest BCUT2D eigenvalue weighted by Gasteiger charge is 2.22. The predicted molar refractivity (Wildman–Crippen MR) is 114 cm³/mol. The highest BCUT2D eigenvalue weighted by atomic mass is 16.5. The minimum absolute atomic E-state index is 0.134. The smallest absolute Gasteiger partial charge is 0.220 e. The summed E-state index contributed by atoms with van der Waals surface area (Å²) in [5.74, 6) is 2.40. The number of hydrogen-bond acceptors (Lipinski definition) is 3. The molecule has 2 aromatic carbocycles. The molecule has 1 heterocycles. The zero-order chi connectivity index (χ0) is 19.9. The molecule has 1 fully saturated rings. The number of hydrogen-bond donors (Lipinski definition) is 2. The number of fused-ring (bicyclic) bond motifs is 1. The van der Waals surface area contributed by atoms with Gasteiger partial charge in [0.05, 0.1) is 7.11 Å². The van der Waals surface area contributed by atoms with E-state index in [2.05, 4.69) is 50.9 Å². The third kappa shape index (κ3) is 4.94. The Balaban J connectivity index is 1.56. The molecule has 0 bridgehead atoms. The summed E-state index contributed by atoms with van der Waals surface area (Å²) < 4.78 is 5.29. The van der Waals surface area contributed by atoms with Crippen LogP contribution in [0.1, 0.15) is 24.8 Å². The largest absolute Gasteiger partial charge is 0.497 e. The number of benzene rings is 2. The number of carbonyl (C=O) groups is 1. The van der Waals surface area contributed by atoms with Gasteiger partial charge in [0.2, 0.25) is 5.91 Å². The molecular formula is C22H30N4O2. The maximum absolute atomic E-state index is 11.6. The fourth-order valence-corrected chi connectivity index (χ4v) is 3.74. The highest BCUT2D eigenvalue weighted by molar-refractivity contribution is 5.85. The van der Waals surface area contributed by atoms with Gasteiger partial charge in [-0.1, -0.05) is 18.2 Å². The second kappa shape index (κ2) is 9.44. The van der Waals surface area contributed by atoms with E-state index in [1.165, 1.54) is 16.3 Å². The Bertz CT molecular complexity index is 842. The summed E-state index contributed by atoms with van der Waals surface area (Å²) in [6.07, 6.45) is 2.66. The summed E-state index contributed by atoms with van der Waals surface area (Å²) in [4.78, 5) is 18.3. The van der Waals surface area contributed by atoms with Crippen LogP contribution in [-0.2, 0) is 11.3 Å². The Kier molecular flexibility index (Phi) is 6.74. The third-order valence-electron chi connectivity index (χ3n) is 5.44. The van der Waals surface area contributed by atoms with Gasteiger partial charge >= 0.3 is 0 Å². The van der Waals surface area contributed by atoms with Crippen LogP contribution in [0.25, 0.3) is 10.8 Å². The molecule has 0 unspecified atom stereocenters. The van der Waals surface area contributed by atoms with Crippen molar-refractivity contribution in [3.8, 4) is 5.75 Å². The van der Waals surface area contributed by atoms with Crippen LogP contribution in [0.2, 0.25) is 0 Å². The number of nitrogens with zero attached hydrogens (tertiary/aromatic N) is 2. The Hall–Kier alpha value is -2.76. The first-order chi connectivity index (χ1) is 13.6. The average Bonchev–Trinajstić information content (AvgIpc) is 2.74. The fourth-order valence-electron chi connectivity index (χ4n) is 3.74. The minimum Gasteiger partial charge on any atom is -0.497 e. The topological polar surface area (TPSA) is 66.0 Å². The summed E-state index contributed by atoms with van der Waals surface area (Å²) >= 11 is 0. The van der Waals surface area contributed by atoms with Gasteiger partial charge in [-0.2, -0.15) is 0 Å². The number of amides is 1. The Morgan fingerprint density at radius 2 is 1.89 bits per heavy atom. The second-order valence-electron chi connectivity index (χ2n) is 7.26. The number of piperidine rings is 1. The van der Waals surface area contributed by atoms with Gasteiger partial charge in [0.15, 0.2) is 5.96 Å². The average molecular weight is 383 g/mol. The number of carbonyl (C=O) groups excluding carboxylic acids is 1. The number of likely N-dealkylation sites (tertiary alicyclic amines) is 1. The molecule has 3 rings (SSSR count). The van der Waals surface area contributed by atoms with E-state index in [-0.39, 0.29) is 5.91 Å². The summed E-state index contributed by atoms with van der Waals surface area (Å²) in [6.45, 7) is 2.59. The molecule has 2 aromatic rings. The lowest BCUT2D eigenvalue weighted by Gasteiger charge is -2.34. The van der Waals surface area contributed by atoms with Gasteiger partial charge in [-0.3, -0.25) is 9.79 Å². The monoisotopic (exact) mass is 382 g/mol. The predicted octanol–water partition coefficient (Wildman–Crippen LogP) is 2.77. The van der Waals surface area contributed by atoms with Crippen molar-refractivity contribution in [1.29, 1.82) is 0 Å². The summed E-state index contributed by atoms with van der Waals surface area (Å²) in [5.41, 5.74) is 1.22. The minimum atomic E-state index is 0.134. The third-order valence-corrected chi connectivity index (χ3v) is 5.44. The molecule has 1 amide bonds. The van der Waals surface area contributed by atoms with Gasteiger partial charge in [-0.25, -0.2) is 0 Å². The van der Waals surface area contributed by atoms with Crippen LogP contribution in [-0.4, -0.2) is 51.1 Å². The van der Waals surface area contributed by atoms with Crippen molar-refractivity contribution in [2.45, 2.75) is 25.8 Å².